The molecule has 1 aliphatic rings. The first-order chi connectivity index (χ1) is 6.45. The van der Waals surface area contributed by atoms with Crippen molar-refractivity contribution in [1.82, 2.24) is 5.32 Å². The molecular formula is C10H17NO3. The van der Waals surface area contributed by atoms with E-state index >= 15 is 0 Å². The van der Waals surface area contributed by atoms with Crippen LogP contribution in [-0.2, 0) is 14.3 Å². The lowest BCUT2D eigenvalue weighted by atomic mass is 9.89. The summed E-state index contributed by atoms with van der Waals surface area (Å²) in [6.45, 7) is 5.93. The van der Waals surface area contributed by atoms with E-state index in [1.165, 1.54) is 0 Å². The Morgan fingerprint density at radius 1 is 1.64 bits per heavy atom. The van der Waals surface area contributed by atoms with Crippen LogP contribution in [0.25, 0.3) is 0 Å². The molecule has 0 aromatic carbocycles. The normalized spacial score (nSPS) is 24.5. The largest absolute Gasteiger partial charge is 0.466 e. The number of carbonyl (C=O) groups excluding carboxylic acids is 2. The first-order valence-electron chi connectivity index (χ1n) is 4.92. The van der Waals surface area contributed by atoms with Crippen molar-refractivity contribution in [2.75, 3.05) is 6.61 Å². The zero-order valence-corrected chi connectivity index (χ0v) is 8.92. The highest BCUT2D eigenvalue weighted by molar-refractivity contribution is 5.85. The van der Waals surface area contributed by atoms with E-state index in [0.717, 1.165) is 0 Å². The molecule has 0 aliphatic carbocycles. The minimum atomic E-state index is -0.350. The fourth-order valence-electron chi connectivity index (χ4n) is 1.68. The molecule has 1 atom stereocenters. The molecule has 0 aromatic rings. The molecule has 1 N–H and O–H groups in total. The van der Waals surface area contributed by atoms with Gasteiger partial charge in [-0.2, -0.15) is 0 Å². The van der Waals surface area contributed by atoms with Gasteiger partial charge in [-0.05, 0) is 13.3 Å². The van der Waals surface area contributed by atoms with Gasteiger partial charge in [0, 0.05) is 11.5 Å². The molecule has 4 heteroatoms. The van der Waals surface area contributed by atoms with Crippen molar-refractivity contribution < 1.29 is 14.3 Å². The van der Waals surface area contributed by atoms with Crippen molar-refractivity contribution in [3.05, 3.63) is 0 Å². The summed E-state index contributed by atoms with van der Waals surface area (Å²) in [5.41, 5.74) is -0.350. The highest BCUT2D eigenvalue weighted by Crippen LogP contribution is 2.29. The van der Waals surface area contributed by atoms with Gasteiger partial charge in [-0.15, -0.1) is 0 Å². The molecule has 14 heavy (non-hydrogen) atoms. The zero-order chi connectivity index (χ0) is 10.8. The van der Waals surface area contributed by atoms with Gasteiger partial charge < -0.3 is 10.1 Å². The van der Waals surface area contributed by atoms with Crippen LogP contribution in [0.1, 0.15) is 33.6 Å². The monoisotopic (exact) mass is 199 g/mol. The van der Waals surface area contributed by atoms with Gasteiger partial charge in [0.25, 0.3) is 0 Å². The van der Waals surface area contributed by atoms with Crippen molar-refractivity contribution in [2.24, 2.45) is 5.41 Å². The third-order valence-electron chi connectivity index (χ3n) is 2.43. The van der Waals surface area contributed by atoms with Gasteiger partial charge in [-0.25, -0.2) is 0 Å². The second-order valence-corrected chi connectivity index (χ2v) is 4.27. The molecular weight excluding hydrogens is 182 g/mol. The molecule has 0 bridgehead atoms. The predicted octanol–water partition coefficient (Wildman–Crippen LogP) is 0.854. The third kappa shape index (κ3) is 2.47. The quantitative estimate of drug-likeness (QED) is 0.686. The molecule has 1 aliphatic heterocycles. The molecule has 1 rings (SSSR count). The minimum Gasteiger partial charge on any atom is -0.466 e. The Morgan fingerprint density at radius 3 is 2.71 bits per heavy atom. The molecule has 0 radical (unpaired) electrons. The summed E-state index contributed by atoms with van der Waals surface area (Å²) in [5.74, 6) is -0.220. The number of esters is 1. The number of rotatable bonds is 3. The van der Waals surface area contributed by atoms with Crippen molar-refractivity contribution >= 4 is 11.9 Å². The minimum absolute atomic E-state index is 0.0202. The summed E-state index contributed by atoms with van der Waals surface area (Å²) >= 11 is 0. The van der Waals surface area contributed by atoms with Crippen molar-refractivity contribution in [1.29, 1.82) is 0 Å². The highest BCUT2D eigenvalue weighted by atomic mass is 16.5. The van der Waals surface area contributed by atoms with E-state index in [9.17, 15) is 9.59 Å². The molecule has 80 valence electrons. The molecule has 1 saturated heterocycles. The molecule has 4 nitrogen and oxygen atoms in total. The fraction of sp³-hybridized carbons (Fsp3) is 0.800. The smallest absolute Gasteiger partial charge is 0.307 e. The van der Waals surface area contributed by atoms with Gasteiger partial charge in [-0.3, -0.25) is 9.59 Å². The van der Waals surface area contributed by atoms with Crippen LogP contribution in [0.3, 0.4) is 0 Å². The Balaban J connectivity index is 2.43. The molecule has 1 fully saturated rings. The van der Waals surface area contributed by atoms with Crippen LogP contribution in [0.5, 0.6) is 0 Å². The third-order valence-corrected chi connectivity index (χ3v) is 2.43. The molecule has 1 amide bonds. The molecule has 0 saturated carbocycles. The van der Waals surface area contributed by atoms with Crippen LogP contribution in [-0.4, -0.2) is 24.5 Å². The second kappa shape index (κ2) is 3.98. The number of amides is 1. The highest BCUT2D eigenvalue weighted by Gasteiger charge is 2.39. The summed E-state index contributed by atoms with van der Waals surface area (Å²) in [7, 11) is 0. The lowest BCUT2D eigenvalue weighted by Gasteiger charge is -2.12. The summed E-state index contributed by atoms with van der Waals surface area (Å²) in [4.78, 5) is 22.5. The van der Waals surface area contributed by atoms with E-state index < -0.39 is 0 Å². The van der Waals surface area contributed by atoms with Gasteiger partial charge in [0.2, 0.25) is 5.91 Å². The van der Waals surface area contributed by atoms with Crippen molar-refractivity contribution in [2.45, 2.75) is 39.7 Å². The number of ether oxygens (including phenoxy) is 1. The van der Waals surface area contributed by atoms with Gasteiger partial charge in [0.1, 0.15) is 0 Å². The maximum absolute atomic E-state index is 11.4. The van der Waals surface area contributed by atoms with Gasteiger partial charge in [0.05, 0.1) is 13.0 Å². The fourth-order valence-corrected chi connectivity index (χ4v) is 1.68. The Hall–Kier alpha value is -1.06. The molecule has 1 heterocycles. The van der Waals surface area contributed by atoms with E-state index in [1.54, 1.807) is 6.92 Å². The van der Waals surface area contributed by atoms with Crippen LogP contribution in [0.2, 0.25) is 0 Å². The second-order valence-electron chi connectivity index (χ2n) is 4.27. The number of hydrogen-bond donors (Lipinski definition) is 1. The summed E-state index contributed by atoms with van der Waals surface area (Å²) in [5, 5.41) is 2.79. The van der Waals surface area contributed by atoms with E-state index in [1.807, 2.05) is 13.8 Å². The Morgan fingerprint density at radius 2 is 2.29 bits per heavy atom. The lowest BCUT2D eigenvalue weighted by Crippen LogP contribution is -2.30. The first kappa shape index (κ1) is 11.0. The average Bonchev–Trinajstić information content (AvgIpc) is 2.25. The molecule has 1 unspecified atom stereocenters. The zero-order valence-electron chi connectivity index (χ0n) is 8.92. The van der Waals surface area contributed by atoms with E-state index in [0.29, 0.717) is 13.0 Å². The van der Waals surface area contributed by atoms with E-state index in [2.05, 4.69) is 5.32 Å². The number of nitrogens with one attached hydrogen (secondary N) is 1. The molecule has 0 spiro atoms. The summed E-state index contributed by atoms with van der Waals surface area (Å²) in [6.07, 6.45) is 0.980. The maximum Gasteiger partial charge on any atom is 0.307 e. The van der Waals surface area contributed by atoms with Crippen LogP contribution >= 0.6 is 0 Å². The Kier molecular flexibility index (Phi) is 3.13. The Bertz CT molecular complexity index is 248. The van der Waals surface area contributed by atoms with Crippen molar-refractivity contribution in [3.63, 3.8) is 0 Å². The van der Waals surface area contributed by atoms with Gasteiger partial charge in [0.15, 0.2) is 0 Å². The number of carbonyl (C=O) groups is 2. The summed E-state index contributed by atoms with van der Waals surface area (Å²) < 4.78 is 4.82. The van der Waals surface area contributed by atoms with Crippen molar-refractivity contribution in [3.8, 4) is 0 Å². The summed E-state index contributed by atoms with van der Waals surface area (Å²) in [6, 6.07) is -0.0588. The van der Waals surface area contributed by atoms with Crippen LogP contribution in [0, 0.1) is 5.41 Å². The van der Waals surface area contributed by atoms with Gasteiger partial charge >= 0.3 is 5.97 Å². The van der Waals surface area contributed by atoms with Crippen LogP contribution in [0.4, 0.5) is 0 Å². The van der Waals surface area contributed by atoms with Crippen LogP contribution < -0.4 is 5.32 Å². The number of hydrogen-bond acceptors (Lipinski definition) is 3. The predicted molar refractivity (Wildman–Crippen MR) is 51.6 cm³/mol. The topological polar surface area (TPSA) is 55.4 Å². The molecule has 0 aromatic heterocycles. The first-order valence-corrected chi connectivity index (χ1v) is 4.92. The Labute approximate surface area is 84.0 Å². The average molecular weight is 199 g/mol. The van der Waals surface area contributed by atoms with E-state index in [-0.39, 0.29) is 29.8 Å². The maximum atomic E-state index is 11.4. The van der Waals surface area contributed by atoms with E-state index in [4.69, 9.17) is 4.74 Å². The van der Waals surface area contributed by atoms with Crippen LogP contribution in [0.15, 0.2) is 0 Å². The standard InChI is InChI=1S/C10H17NO3/c1-4-14-8(12)5-7-6-10(2,3)9(13)11-7/h7H,4-6H2,1-3H3,(H,11,13). The SMILES string of the molecule is CCOC(=O)CC1CC(C)(C)C(=O)N1. The van der Waals surface area contributed by atoms with Gasteiger partial charge in [-0.1, -0.05) is 13.8 Å². The lowest BCUT2D eigenvalue weighted by molar-refractivity contribution is -0.143.